The number of methoxy groups -OCH3 is 1. The predicted molar refractivity (Wildman–Crippen MR) is 76.8 cm³/mol. The van der Waals surface area contributed by atoms with Crippen LogP contribution in [0.2, 0.25) is 0 Å². The van der Waals surface area contributed by atoms with Gasteiger partial charge in [-0.25, -0.2) is 13.1 Å². The van der Waals surface area contributed by atoms with Crippen LogP contribution in [0.4, 0.5) is 10.7 Å². The summed E-state index contributed by atoms with van der Waals surface area (Å²) in [5.74, 6) is 0. The quantitative estimate of drug-likeness (QED) is 0.552. The van der Waals surface area contributed by atoms with Gasteiger partial charge in [-0.1, -0.05) is 11.3 Å². The molecule has 2 N–H and O–H groups in total. The minimum Gasteiger partial charge on any atom is -0.383 e. The Labute approximate surface area is 121 Å². The van der Waals surface area contributed by atoms with Crippen molar-refractivity contribution < 1.29 is 18.1 Å². The van der Waals surface area contributed by atoms with Crippen LogP contribution in [-0.2, 0) is 14.8 Å². The normalized spacial score (nSPS) is 13.2. The molecule has 114 valence electrons. The van der Waals surface area contributed by atoms with Crippen LogP contribution in [0.5, 0.6) is 0 Å². The number of sulfonamides is 1. The number of thiophene rings is 1. The second-order valence-electron chi connectivity index (χ2n) is 4.04. The number of rotatable bonds is 8. The smallest absolute Gasteiger partial charge is 0.304 e. The topological polar surface area (TPSA) is 111 Å². The van der Waals surface area contributed by atoms with Gasteiger partial charge in [0, 0.05) is 25.8 Å². The average Bonchev–Trinajstić information content (AvgIpc) is 2.74. The highest BCUT2D eigenvalue weighted by molar-refractivity contribution is 7.91. The van der Waals surface area contributed by atoms with Crippen LogP contribution in [0, 0.1) is 10.1 Å². The summed E-state index contributed by atoms with van der Waals surface area (Å²) in [6.45, 7) is 4.10. The van der Waals surface area contributed by atoms with Crippen LogP contribution in [0.25, 0.3) is 0 Å². The van der Waals surface area contributed by atoms with E-state index in [4.69, 9.17) is 4.74 Å². The van der Waals surface area contributed by atoms with Crippen LogP contribution in [0.1, 0.15) is 13.8 Å². The van der Waals surface area contributed by atoms with Crippen molar-refractivity contribution >= 4 is 32.0 Å². The number of nitrogens with zero attached hydrogens (tertiary/aromatic N) is 1. The van der Waals surface area contributed by atoms with Crippen molar-refractivity contribution in [2.45, 2.75) is 24.1 Å². The van der Waals surface area contributed by atoms with E-state index in [9.17, 15) is 18.5 Å². The van der Waals surface area contributed by atoms with Crippen LogP contribution in [0.15, 0.2) is 10.3 Å². The average molecular weight is 323 g/mol. The Morgan fingerprint density at radius 1 is 1.55 bits per heavy atom. The molecule has 0 aliphatic carbocycles. The number of hydrogen-bond acceptors (Lipinski definition) is 7. The molecule has 0 aliphatic heterocycles. The van der Waals surface area contributed by atoms with Gasteiger partial charge in [-0.2, -0.15) is 0 Å². The Morgan fingerprint density at radius 2 is 2.20 bits per heavy atom. The van der Waals surface area contributed by atoms with Crippen molar-refractivity contribution in [3.63, 3.8) is 0 Å². The monoisotopic (exact) mass is 323 g/mol. The molecule has 1 unspecified atom stereocenters. The maximum Gasteiger partial charge on any atom is 0.304 e. The molecule has 0 amide bonds. The van der Waals surface area contributed by atoms with Gasteiger partial charge in [-0.05, 0) is 13.8 Å². The molecule has 0 aliphatic rings. The Hall–Kier alpha value is -1.23. The molecule has 1 atom stereocenters. The van der Waals surface area contributed by atoms with Crippen molar-refractivity contribution in [1.29, 1.82) is 0 Å². The first-order valence-corrected chi connectivity index (χ1v) is 8.15. The standard InChI is InChI=1S/C10H17N3O5S2/c1-4-11-10-8(13(14)15)5-9(19-10)20(16,17)12-7(2)6-18-3/h5,7,11-12H,4,6H2,1-3H3. The van der Waals surface area contributed by atoms with E-state index in [-0.39, 0.29) is 21.5 Å². The van der Waals surface area contributed by atoms with E-state index in [0.29, 0.717) is 6.54 Å². The van der Waals surface area contributed by atoms with Gasteiger partial charge in [0.1, 0.15) is 4.21 Å². The molecule has 0 bridgehead atoms. The molecule has 0 fully saturated rings. The third-order valence-corrected chi connectivity index (χ3v) is 5.41. The largest absolute Gasteiger partial charge is 0.383 e. The Bertz CT molecular complexity index is 569. The number of hydrogen-bond donors (Lipinski definition) is 2. The zero-order valence-electron chi connectivity index (χ0n) is 11.4. The van der Waals surface area contributed by atoms with Gasteiger partial charge in [-0.15, -0.1) is 0 Å². The van der Waals surface area contributed by atoms with E-state index in [1.54, 1.807) is 13.8 Å². The summed E-state index contributed by atoms with van der Waals surface area (Å²) in [5, 5.41) is 13.9. The summed E-state index contributed by atoms with van der Waals surface area (Å²) >= 11 is 0.835. The molecular weight excluding hydrogens is 306 g/mol. The maximum absolute atomic E-state index is 12.1. The summed E-state index contributed by atoms with van der Waals surface area (Å²) in [7, 11) is -2.33. The molecule has 8 nitrogen and oxygen atoms in total. The number of anilines is 1. The first-order chi connectivity index (χ1) is 9.31. The minimum atomic E-state index is -3.79. The second-order valence-corrected chi connectivity index (χ2v) is 7.04. The summed E-state index contributed by atoms with van der Waals surface area (Å²) < 4.78 is 31.4. The number of ether oxygens (including phenoxy) is 1. The molecular formula is C10H17N3O5S2. The van der Waals surface area contributed by atoms with E-state index in [1.807, 2.05) is 0 Å². The molecule has 0 radical (unpaired) electrons. The minimum absolute atomic E-state index is 0.0943. The fourth-order valence-corrected chi connectivity index (χ4v) is 4.16. The molecule has 1 aromatic heterocycles. The third kappa shape index (κ3) is 4.13. The Kier molecular flexibility index (Phi) is 5.87. The molecule has 1 rings (SSSR count). The second kappa shape index (κ2) is 6.97. The van der Waals surface area contributed by atoms with Crippen LogP contribution in [0.3, 0.4) is 0 Å². The SMILES string of the molecule is CCNc1sc(S(=O)(=O)NC(C)COC)cc1[N+](=O)[O-]. The lowest BCUT2D eigenvalue weighted by atomic mass is 10.4. The zero-order chi connectivity index (χ0) is 15.3. The maximum atomic E-state index is 12.1. The van der Waals surface area contributed by atoms with E-state index in [1.165, 1.54) is 7.11 Å². The van der Waals surface area contributed by atoms with Crippen LogP contribution >= 0.6 is 11.3 Å². The molecule has 0 spiro atoms. The number of nitrogens with one attached hydrogen (secondary N) is 2. The van der Waals surface area contributed by atoms with Crippen LogP contribution < -0.4 is 10.0 Å². The van der Waals surface area contributed by atoms with Gasteiger partial charge < -0.3 is 10.1 Å². The van der Waals surface area contributed by atoms with Crippen molar-refractivity contribution in [2.24, 2.45) is 0 Å². The highest BCUT2D eigenvalue weighted by Crippen LogP contribution is 2.36. The summed E-state index contributed by atoms with van der Waals surface area (Å²) in [6, 6.07) is 0.638. The predicted octanol–water partition coefficient (Wildman–Crippen LogP) is 1.40. The van der Waals surface area contributed by atoms with Crippen LogP contribution in [-0.4, -0.2) is 39.6 Å². The summed E-state index contributed by atoms with van der Waals surface area (Å²) in [5.41, 5.74) is -0.239. The zero-order valence-corrected chi connectivity index (χ0v) is 13.0. The highest BCUT2D eigenvalue weighted by atomic mass is 32.2. The lowest BCUT2D eigenvalue weighted by Gasteiger charge is -2.11. The van der Waals surface area contributed by atoms with Crippen molar-refractivity contribution in [3.8, 4) is 0 Å². The molecule has 0 saturated heterocycles. The first kappa shape index (κ1) is 16.8. The highest BCUT2D eigenvalue weighted by Gasteiger charge is 2.26. The first-order valence-electron chi connectivity index (χ1n) is 5.85. The molecule has 1 aromatic rings. The lowest BCUT2D eigenvalue weighted by molar-refractivity contribution is -0.383. The molecule has 20 heavy (non-hydrogen) atoms. The fourth-order valence-electron chi connectivity index (χ4n) is 1.52. The van der Waals surface area contributed by atoms with Gasteiger partial charge >= 0.3 is 5.69 Å². The Morgan fingerprint density at radius 3 is 2.70 bits per heavy atom. The van der Waals surface area contributed by atoms with Crippen molar-refractivity contribution in [1.82, 2.24) is 4.72 Å². The number of nitro groups is 1. The molecule has 10 heteroatoms. The van der Waals surface area contributed by atoms with Gasteiger partial charge in [-0.3, -0.25) is 10.1 Å². The van der Waals surface area contributed by atoms with Crippen molar-refractivity contribution in [2.75, 3.05) is 25.6 Å². The Balaban J connectivity index is 3.06. The third-order valence-electron chi connectivity index (χ3n) is 2.26. The van der Waals surface area contributed by atoms with Gasteiger partial charge in [0.25, 0.3) is 10.0 Å². The molecule has 0 aromatic carbocycles. The van der Waals surface area contributed by atoms with E-state index in [0.717, 1.165) is 17.4 Å². The molecule has 0 saturated carbocycles. The van der Waals surface area contributed by atoms with Gasteiger partial charge in [0.2, 0.25) is 0 Å². The van der Waals surface area contributed by atoms with Crippen molar-refractivity contribution in [3.05, 3.63) is 16.2 Å². The van der Waals surface area contributed by atoms with E-state index in [2.05, 4.69) is 10.0 Å². The summed E-state index contributed by atoms with van der Waals surface area (Å²) in [4.78, 5) is 10.3. The van der Waals surface area contributed by atoms with E-state index < -0.39 is 21.0 Å². The molecule has 1 heterocycles. The van der Waals surface area contributed by atoms with Gasteiger partial charge in [0.15, 0.2) is 5.00 Å². The van der Waals surface area contributed by atoms with E-state index >= 15 is 0 Å². The summed E-state index contributed by atoms with van der Waals surface area (Å²) in [6.07, 6.45) is 0. The van der Waals surface area contributed by atoms with Gasteiger partial charge in [0.05, 0.1) is 11.5 Å². The fraction of sp³-hybridized carbons (Fsp3) is 0.600. The lowest BCUT2D eigenvalue weighted by Crippen LogP contribution is -2.35.